The minimum absolute atomic E-state index is 0.0411. The summed E-state index contributed by atoms with van der Waals surface area (Å²) in [6, 6.07) is 6.65. The van der Waals surface area contributed by atoms with Gasteiger partial charge in [-0.15, -0.1) is 11.6 Å². The van der Waals surface area contributed by atoms with Gasteiger partial charge < -0.3 is 0 Å². The topological polar surface area (TPSA) is 25.8 Å². The predicted molar refractivity (Wildman–Crippen MR) is 67.0 cm³/mol. The van der Waals surface area contributed by atoms with Crippen LogP contribution in [0.5, 0.6) is 0 Å². The first kappa shape index (κ1) is 13.2. The lowest BCUT2D eigenvalue weighted by Crippen LogP contribution is -2.01. The minimum atomic E-state index is -2.67. The summed E-state index contributed by atoms with van der Waals surface area (Å²) in [6.07, 6.45) is -1.35. The first-order valence-corrected chi connectivity index (χ1v) is 5.99. The van der Waals surface area contributed by atoms with Gasteiger partial charge in [0.1, 0.15) is 5.69 Å². The average molecular weight is 289 g/mol. The van der Waals surface area contributed by atoms with Crippen LogP contribution in [0.2, 0.25) is 5.02 Å². The third kappa shape index (κ3) is 2.76. The molecule has 0 amide bonds. The Bertz CT molecular complexity index is 544. The second-order valence-electron chi connectivity index (χ2n) is 3.55. The van der Waals surface area contributed by atoms with E-state index in [1.54, 1.807) is 24.3 Å². The summed E-state index contributed by atoms with van der Waals surface area (Å²) in [5.41, 5.74) is 0.539. The lowest BCUT2D eigenvalue weighted by Gasteiger charge is -2.07. The van der Waals surface area contributed by atoms with Crippen LogP contribution in [0, 0.1) is 0 Å². The summed E-state index contributed by atoms with van der Waals surface area (Å²) < 4.78 is 25.6. The SMILES string of the molecule is FC(F)c1nc(-c2ccc(Cl)cc2)ncc1CCl. The number of nitrogens with zero attached hydrogens (tertiary/aromatic N) is 2. The molecule has 1 aromatic heterocycles. The van der Waals surface area contributed by atoms with Crippen molar-refractivity contribution in [2.24, 2.45) is 0 Å². The van der Waals surface area contributed by atoms with Crippen molar-refractivity contribution in [3.05, 3.63) is 46.7 Å². The molecule has 0 aliphatic carbocycles. The largest absolute Gasteiger partial charge is 0.280 e. The molecule has 2 aromatic rings. The van der Waals surface area contributed by atoms with E-state index in [4.69, 9.17) is 23.2 Å². The van der Waals surface area contributed by atoms with Crippen LogP contribution < -0.4 is 0 Å². The lowest BCUT2D eigenvalue weighted by atomic mass is 10.2. The van der Waals surface area contributed by atoms with Crippen LogP contribution >= 0.6 is 23.2 Å². The van der Waals surface area contributed by atoms with Gasteiger partial charge in [-0.1, -0.05) is 11.6 Å². The molecule has 0 spiro atoms. The van der Waals surface area contributed by atoms with Crippen molar-refractivity contribution in [2.45, 2.75) is 12.3 Å². The van der Waals surface area contributed by atoms with Gasteiger partial charge in [0.15, 0.2) is 5.82 Å². The van der Waals surface area contributed by atoms with E-state index >= 15 is 0 Å². The van der Waals surface area contributed by atoms with Crippen LogP contribution in [0.15, 0.2) is 30.5 Å². The smallest absolute Gasteiger partial charge is 0.236 e. The second kappa shape index (κ2) is 5.59. The molecule has 0 radical (unpaired) electrons. The molecule has 2 rings (SSSR count). The van der Waals surface area contributed by atoms with Crippen molar-refractivity contribution >= 4 is 23.2 Å². The summed E-state index contributed by atoms with van der Waals surface area (Å²) in [4.78, 5) is 7.87. The zero-order valence-corrected chi connectivity index (χ0v) is 10.6. The standard InChI is InChI=1S/C12H8Cl2F2N2/c13-5-8-6-17-12(18-10(8)11(15)16)7-1-3-9(14)4-2-7/h1-4,6,11H,5H2. The molecule has 0 atom stereocenters. The third-order valence-corrected chi connectivity index (χ3v) is 2.89. The number of halogens is 4. The van der Waals surface area contributed by atoms with Crippen molar-refractivity contribution in [1.82, 2.24) is 9.97 Å². The Morgan fingerprint density at radius 1 is 1.17 bits per heavy atom. The average Bonchev–Trinajstić information content (AvgIpc) is 2.39. The highest BCUT2D eigenvalue weighted by Crippen LogP contribution is 2.25. The number of alkyl halides is 3. The molecule has 0 N–H and O–H groups in total. The monoisotopic (exact) mass is 288 g/mol. The molecule has 6 heteroatoms. The van der Waals surface area contributed by atoms with E-state index in [1.165, 1.54) is 6.20 Å². The van der Waals surface area contributed by atoms with Gasteiger partial charge in [0.05, 0.1) is 5.88 Å². The number of hydrogen-bond donors (Lipinski definition) is 0. The van der Waals surface area contributed by atoms with Crippen LogP contribution in [-0.4, -0.2) is 9.97 Å². The minimum Gasteiger partial charge on any atom is -0.236 e. The Morgan fingerprint density at radius 3 is 2.39 bits per heavy atom. The molecule has 0 fully saturated rings. The summed E-state index contributed by atoms with van der Waals surface area (Å²) in [7, 11) is 0. The van der Waals surface area contributed by atoms with Gasteiger partial charge in [0.25, 0.3) is 6.43 Å². The molecule has 0 unspecified atom stereocenters. The van der Waals surface area contributed by atoms with Gasteiger partial charge in [0, 0.05) is 22.3 Å². The zero-order chi connectivity index (χ0) is 13.1. The molecular weight excluding hydrogens is 281 g/mol. The number of aromatic nitrogens is 2. The van der Waals surface area contributed by atoms with Crippen LogP contribution in [0.3, 0.4) is 0 Å². The Hall–Kier alpha value is -1.26. The van der Waals surface area contributed by atoms with E-state index in [2.05, 4.69) is 9.97 Å². The van der Waals surface area contributed by atoms with Crippen LogP contribution in [-0.2, 0) is 5.88 Å². The molecule has 1 aromatic carbocycles. The van der Waals surface area contributed by atoms with Crippen molar-refractivity contribution in [2.75, 3.05) is 0 Å². The van der Waals surface area contributed by atoms with Gasteiger partial charge in [-0.05, 0) is 24.3 Å². The quantitative estimate of drug-likeness (QED) is 0.779. The van der Waals surface area contributed by atoms with Gasteiger partial charge in [-0.3, -0.25) is 0 Å². The Labute approximate surface area is 113 Å². The number of hydrogen-bond acceptors (Lipinski definition) is 2. The fraction of sp³-hybridized carbons (Fsp3) is 0.167. The summed E-state index contributed by atoms with van der Waals surface area (Å²) in [6.45, 7) is 0. The summed E-state index contributed by atoms with van der Waals surface area (Å²) in [5.74, 6) is 0.191. The van der Waals surface area contributed by atoms with E-state index in [-0.39, 0.29) is 23.0 Å². The van der Waals surface area contributed by atoms with E-state index in [9.17, 15) is 8.78 Å². The predicted octanol–water partition coefficient (Wildman–Crippen LogP) is 4.47. The third-order valence-electron chi connectivity index (χ3n) is 2.35. The van der Waals surface area contributed by atoms with Crippen LogP contribution in [0.25, 0.3) is 11.4 Å². The molecule has 1 heterocycles. The second-order valence-corrected chi connectivity index (χ2v) is 4.25. The normalized spacial score (nSPS) is 10.9. The van der Waals surface area contributed by atoms with Crippen molar-refractivity contribution in [1.29, 1.82) is 0 Å². The molecule has 0 saturated carbocycles. The number of rotatable bonds is 3. The van der Waals surface area contributed by atoms with Gasteiger partial charge in [-0.2, -0.15) is 0 Å². The Balaban J connectivity index is 2.46. The Morgan fingerprint density at radius 2 is 1.83 bits per heavy atom. The molecule has 0 aliphatic rings. The maximum Gasteiger partial charge on any atom is 0.280 e. The van der Waals surface area contributed by atoms with Crippen LogP contribution in [0.1, 0.15) is 17.7 Å². The van der Waals surface area contributed by atoms with E-state index in [0.717, 1.165) is 0 Å². The van der Waals surface area contributed by atoms with E-state index < -0.39 is 6.43 Å². The molecule has 0 aliphatic heterocycles. The van der Waals surface area contributed by atoms with Gasteiger partial charge in [-0.25, -0.2) is 18.7 Å². The highest BCUT2D eigenvalue weighted by atomic mass is 35.5. The van der Waals surface area contributed by atoms with Crippen LogP contribution in [0.4, 0.5) is 8.78 Å². The molecule has 94 valence electrons. The maximum absolute atomic E-state index is 12.8. The van der Waals surface area contributed by atoms with Gasteiger partial charge in [0.2, 0.25) is 0 Å². The molecule has 0 bridgehead atoms. The van der Waals surface area contributed by atoms with E-state index in [0.29, 0.717) is 10.6 Å². The molecule has 2 nitrogen and oxygen atoms in total. The summed E-state index contributed by atoms with van der Waals surface area (Å²) in [5, 5.41) is 0.560. The number of benzene rings is 1. The van der Waals surface area contributed by atoms with E-state index in [1.807, 2.05) is 0 Å². The van der Waals surface area contributed by atoms with Crippen molar-refractivity contribution in [3.63, 3.8) is 0 Å². The highest BCUT2D eigenvalue weighted by molar-refractivity contribution is 6.30. The van der Waals surface area contributed by atoms with Gasteiger partial charge >= 0.3 is 0 Å². The molecule has 0 saturated heterocycles. The fourth-order valence-electron chi connectivity index (χ4n) is 1.45. The highest BCUT2D eigenvalue weighted by Gasteiger charge is 2.16. The van der Waals surface area contributed by atoms with Crippen molar-refractivity contribution in [3.8, 4) is 11.4 Å². The summed E-state index contributed by atoms with van der Waals surface area (Å²) >= 11 is 11.3. The lowest BCUT2D eigenvalue weighted by molar-refractivity contribution is 0.145. The fourth-order valence-corrected chi connectivity index (χ4v) is 1.78. The Kier molecular flexibility index (Phi) is 4.09. The zero-order valence-electron chi connectivity index (χ0n) is 9.08. The first-order chi connectivity index (χ1) is 8.61. The molecular formula is C12H8Cl2F2N2. The molecule has 18 heavy (non-hydrogen) atoms. The first-order valence-electron chi connectivity index (χ1n) is 5.07. The van der Waals surface area contributed by atoms with Crippen molar-refractivity contribution < 1.29 is 8.78 Å². The maximum atomic E-state index is 12.8.